The fraction of sp³-hybridized carbons (Fsp3) is 0.100. The van der Waals surface area contributed by atoms with Gasteiger partial charge >= 0.3 is 0 Å². The van der Waals surface area contributed by atoms with Crippen molar-refractivity contribution in [2.45, 2.75) is 0 Å². The van der Waals surface area contributed by atoms with Crippen molar-refractivity contribution in [3.8, 4) is 0 Å². The molecule has 2 nitrogen and oxygen atoms in total. The molecular weight excluding hydrogens is 180 g/mol. The first kappa shape index (κ1) is 8.38. The van der Waals surface area contributed by atoms with Crippen LogP contribution in [0.5, 0.6) is 0 Å². The SMILES string of the molecule is SCC=Cc1cnc2ccccn12. The normalized spacial score (nSPS) is 11.5. The van der Waals surface area contributed by atoms with Gasteiger partial charge in [-0.15, -0.1) is 0 Å². The fourth-order valence-corrected chi connectivity index (χ4v) is 1.35. The van der Waals surface area contributed by atoms with Crippen molar-refractivity contribution in [1.29, 1.82) is 0 Å². The molecule has 2 aromatic rings. The van der Waals surface area contributed by atoms with Gasteiger partial charge in [-0.1, -0.05) is 12.1 Å². The standard InChI is InChI=1S/C10H10N2S/c13-7-3-4-9-8-11-10-5-1-2-6-12(9)10/h1-6,8,13H,7H2. The van der Waals surface area contributed by atoms with Crippen molar-refractivity contribution in [2.75, 3.05) is 5.75 Å². The lowest BCUT2D eigenvalue weighted by molar-refractivity contribution is 1.17. The number of nitrogens with zero attached hydrogens (tertiary/aromatic N) is 2. The van der Waals surface area contributed by atoms with E-state index in [1.54, 1.807) is 0 Å². The molecule has 0 amide bonds. The summed E-state index contributed by atoms with van der Waals surface area (Å²) >= 11 is 4.11. The van der Waals surface area contributed by atoms with Crippen LogP contribution < -0.4 is 0 Å². The van der Waals surface area contributed by atoms with E-state index in [1.807, 2.05) is 47.1 Å². The van der Waals surface area contributed by atoms with Crippen LogP contribution in [0.2, 0.25) is 0 Å². The molecule has 3 heteroatoms. The molecular formula is C10H10N2S. The van der Waals surface area contributed by atoms with E-state index in [0.717, 1.165) is 17.1 Å². The van der Waals surface area contributed by atoms with Crippen LogP contribution in [0.3, 0.4) is 0 Å². The van der Waals surface area contributed by atoms with Gasteiger partial charge < -0.3 is 4.40 Å². The van der Waals surface area contributed by atoms with Gasteiger partial charge in [0.25, 0.3) is 0 Å². The molecule has 0 saturated carbocycles. The summed E-state index contributed by atoms with van der Waals surface area (Å²) < 4.78 is 2.04. The largest absolute Gasteiger partial charge is 0.300 e. The van der Waals surface area contributed by atoms with Gasteiger partial charge in [-0.25, -0.2) is 4.98 Å². The second-order valence-electron chi connectivity index (χ2n) is 2.70. The topological polar surface area (TPSA) is 17.3 Å². The molecule has 0 aliphatic rings. The van der Waals surface area contributed by atoms with Gasteiger partial charge in [0.05, 0.1) is 11.9 Å². The van der Waals surface area contributed by atoms with Crippen molar-refractivity contribution >= 4 is 24.4 Å². The first-order chi connectivity index (χ1) is 6.42. The van der Waals surface area contributed by atoms with Crippen LogP contribution in [0.15, 0.2) is 36.7 Å². The number of imidazole rings is 1. The molecule has 2 aromatic heterocycles. The van der Waals surface area contributed by atoms with Crippen LogP contribution in [0.1, 0.15) is 5.69 Å². The predicted molar refractivity (Wildman–Crippen MR) is 58.1 cm³/mol. The fourth-order valence-electron chi connectivity index (χ4n) is 1.25. The molecule has 13 heavy (non-hydrogen) atoms. The molecule has 0 aliphatic heterocycles. The van der Waals surface area contributed by atoms with Crippen LogP contribution in [0.25, 0.3) is 11.7 Å². The van der Waals surface area contributed by atoms with Crippen LogP contribution in [0, 0.1) is 0 Å². The van der Waals surface area contributed by atoms with E-state index in [2.05, 4.69) is 17.6 Å². The minimum Gasteiger partial charge on any atom is -0.300 e. The number of pyridine rings is 1. The third kappa shape index (κ3) is 1.60. The smallest absolute Gasteiger partial charge is 0.137 e. The molecule has 0 aliphatic carbocycles. The van der Waals surface area contributed by atoms with Crippen molar-refractivity contribution < 1.29 is 0 Å². The third-order valence-electron chi connectivity index (χ3n) is 1.84. The second-order valence-corrected chi connectivity index (χ2v) is 3.06. The van der Waals surface area contributed by atoms with Crippen molar-refractivity contribution in [1.82, 2.24) is 9.38 Å². The maximum Gasteiger partial charge on any atom is 0.137 e. The average Bonchev–Trinajstić information content (AvgIpc) is 2.58. The minimum atomic E-state index is 0.750. The van der Waals surface area contributed by atoms with Gasteiger partial charge in [-0.3, -0.25) is 0 Å². The quantitative estimate of drug-likeness (QED) is 0.719. The Morgan fingerprint density at radius 2 is 2.38 bits per heavy atom. The Hall–Kier alpha value is -1.22. The van der Waals surface area contributed by atoms with E-state index in [9.17, 15) is 0 Å². The first-order valence-corrected chi connectivity index (χ1v) is 4.74. The van der Waals surface area contributed by atoms with Crippen molar-refractivity contribution in [3.05, 3.63) is 42.4 Å². The Morgan fingerprint density at radius 3 is 3.23 bits per heavy atom. The number of hydrogen-bond acceptors (Lipinski definition) is 2. The average molecular weight is 190 g/mol. The summed E-state index contributed by atoms with van der Waals surface area (Å²) in [6, 6.07) is 5.96. The van der Waals surface area contributed by atoms with E-state index in [1.165, 1.54) is 0 Å². The molecule has 0 spiro atoms. The molecule has 0 bridgehead atoms. The summed E-state index contributed by atoms with van der Waals surface area (Å²) in [5.74, 6) is 0.750. The Bertz CT molecular complexity index is 431. The number of rotatable bonds is 2. The summed E-state index contributed by atoms with van der Waals surface area (Å²) in [6.45, 7) is 0. The number of aromatic nitrogens is 2. The van der Waals surface area contributed by atoms with Crippen LogP contribution in [0.4, 0.5) is 0 Å². The third-order valence-corrected chi connectivity index (χ3v) is 2.05. The second kappa shape index (κ2) is 3.66. The zero-order valence-corrected chi connectivity index (χ0v) is 7.98. The van der Waals surface area contributed by atoms with Gasteiger partial charge in [-0.2, -0.15) is 12.6 Å². The minimum absolute atomic E-state index is 0.750. The predicted octanol–water partition coefficient (Wildman–Crippen LogP) is 2.28. The summed E-state index contributed by atoms with van der Waals surface area (Å²) in [5, 5.41) is 0. The highest BCUT2D eigenvalue weighted by molar-refractivity contribution is 7.80. The Kier molecular flexibility index (Phi) is 2.36. The molecule has 0 radical (unpaired) electrons. The molecule has 0 N–H and O–H groups in total. The van der Waals surface area contributed by atoms with Gasteiger partial charge in [-0.05, 0) is 18.2 Å². The molecule has 2 rings (SSSR count). The Balaban J connectivity index is 2.52. The molecule has 0 fully saturated rings. The lowest BCUT2D eigenvalue weighted by atomic mass is 10.4. The van der Waals surface area contributed by atoms with Crippen molar-refractivity contribution in [2.24, 2.45) is 0 Å². The van der Waals surface area contributed by atoms with Crippen LogP contribution in [-0.4, -0.2) is 15.1 Å². The molecule has 0 saturated heterocycles. The van der Waals surface area contributed by atoms with E-state index < -0.39 is 0 Å². The van der Waals surface area contributed by atoms with E-state index in [-0.39, 0.29) is 0 Å². The van der Waals surface area contributed by atoms with Crippen molar-refractivity contribution in [3.63, 3.8) is 0 Å². The summed E-state index contributed by atoms with van der Waals surface area (Å²) in [5.41, 5.74) is 2.06. The van der Waals surface area contributed by atoms with Crippen LogP contribution in [-0.2, 0) is 0 Å². The van der Waals surface area contributed by atoms with Gasteiger partial charge in [0, 0.05) is 11.9 Å². The number of fused-ring (bicyclic) bond motifs is 1. The Labute approximate surface area is 82.3 Å². The maximum absolute atomic E-state index is 4.26. The highest BCUT2D eigenvalue weighted by Crippen LogP contribution is 2.07. The maximum atomic E-state index is 4.26. The Morgan fingerprint density at radius 1 is 1.46 bits per heavy atom. The highest BCUT2D eigenvalue weighted by Gasteiger charge is 1.96. The van der Waals surface area contributed by atoms with Crippen LogP contribution >= 0.6 is 12.6 Å². The zero-order valence-electron chi connectivity index (χ0n) is 7.09. The lowest BCUT2D eigenvalue weighted by Gasteiger charge is -1.93. The lowest BCUT2D eigenvalue weighted by Crippen LogP contribution is -1.84. The molecule has 2 heterocycles. The van der Waals surface area contributed by atoms with Gasteiger partial charge in [0.15, 0.2) is 0 Å². The molecule has 0 unspecified atom stereocenters. The summed E-state index contributed by atoms with van der Waals surface area (Å²) in [6.07, 6.45) is 7.88. The number of hydrogen-bond donors (Lipinski definition) is 1. The van der Waals surface area contributed by atoms with E-state index in [4.69, 9.17) is 0 Å². The molecule has 0 atom stereocenters. The summed E-state index contributed by atoms with van der Waals surface area (Å²) in [4.78, 5) is 4.26. The summed E-state index contributed by atoms with van der Waals surface area (Å²) in [7, 11) is 0. The number of thiol groups is 1. The van der Waals surface area contributed by atoms with E-state index in [0.29, 0.717) is 0 Å². The first-order valence-electron chi connectivity index (χ1n) is 4.11. The monoisotopic (exact) mass is 190 g/mol. The zero-order chi connectivity index (χ0) is 9.10. The molecule has 0 aromatic carbocycles. The van der Waals surface area contributed by atoms with Gasteiger partial charge in [0.2, 0.25) is 0 Å². The highest BCUT2D eigenvalue weighted by atomic mass is 32.1. The van der Waals surface area contributed by atoms with Gasteiger partial charge in [0.1, 0.15) is 5.65 Å². The van der Waals surface area contributed by atoms with E-state index >= 15 is 0 Å². The molecule has 66 valence electrons.